The summed E-state index contributed by atoms with van der Waals surface area (Å²) in [7, 11) is 0. The topological polar surface area (TPSA) is 94.6 Å². The quantitative estimate of drug-likeness (QED) is 0.572. The smallest absolute Gasteiger partial charge is 0.332 e. The number of amides is 1. The van der Waals surface area contributed by atoms with Crippen LogP contribution in [0.3, 0.4) is 0 Å². The molecule has 0 fully saturated rings. The van der Waals surface area contributed by atoms with Crippen molar-refractivity contribution in [3.63, 3.8) is 0 Å². The van der Waals surface area contributed by atoms with Crippen LogP contribution in [0.5, 0.6) is 0 Å². The standard InChI is InChI=1S/C11H16N2O4/c1-3-16-11(15)9(12)10(14)13-7(2)8-5-4-6-17-8/h4-7,9H,3,12H2,1-2H3,(H,13,14)/t7-,9?/m1/s1. The third-order valence-corrected chi connectivity index (χ3v) is 2.15. The van der Waals surface area contributed by atoms with E-state index in [0.717, 1.165) is 0 Å². The second kappa shape index (κ2) is 6.05. The summed E-state index contributed by atoms with van der Waals surface area (Å²) in [5, 5.41) is 2.56. The van der Waals surface area contributed by atoms with Crippen LogP contribution in [0, 0.1) is 0 Å². The highest BCUT2D eigenvalue weighted by Gasteiger charge is 2.25. The molecule has 1 rings (SSSR count). The Balaban J connectivity index is 2.51. The molecule has 0 aliphatic carbocycles. The number of hydrogen-bond donors (Lipinski definition) is 2. The van der Waals surface area contributed by atoms with E-state index in [1.807, 2.05) is 0 Å². The van der Waals surface area contributed by atoms with E-state index in [2.05, 4.69) is 10.1 Å². The number of carbonyl (C=O) groups is 2. The lowest BCUT2D eigenvalue weighted by molar-refractivity contribution is -0.148. The molecule has 1 aromatic heterocycles. The summed E-state index contributed by atoms with van der Waals surface area (Å²) < 4.78 is 9.76. The summed E-state index contributed by atoms with van der Waals surface area (Å²) >= 11 is 0. The third kappa shape index (κ3) is 3.60. The van der Waals surface area contributed by atoms with Crippen LogP contribution in [0.4, 0.5) is 0 Å². The van der Waals surface area contributed by atoms with Gasteiger partial charge in [-0.2, -0.15) is 0 Å². The molecule has 1 aromatic rings. The van der Waals surface area contributed by atoms with Crippen molar-refractivity contribution in [1.29, 1.82) is 0 Å². The largest absolute Gasteiger partial charge is 0.467 e. The van der Waals surface area contributed by atoms with E-state index in [0.29, 0.717) is 5.76 Å². The summed E-state index contributed by atoms with van der Waals surface area (Å²) in [5.74, 6) is -0.738. The zero-order chi connectivity index (χ0) is 12.8. The molecule has 94 valence electrons. The maximum atomic E-state index is 11.6. The molecular weight excluding hydrogens is 224 g/mol. The predicted molar refractivity (Wildman–Crippen MR) is 59.9 cm³/mol. The van der Waals surface area contributed by atoms with Crippen molar-refractivity contribution in [2.24, 2.45) is 5.73 Å². The summed E-state index contributed by atoms with van der Waals surface area (Å²) in [6.45, 7) is 3.57. The normalized spacial score (nSPS) is 13.8. The minimum atomic E-state index is -1.31. The van der Waals surface area contributed by atoms with Crippen molar-refractivity contribution in [2.75, 3.05) is 6.61 Å². The lowest BCUT2D eigenvalue weighted by atomic mass is 10.2. The second-order valence-electron chi connectivity index (χ2n) is 3.48. The van der Waals surface area contributed by atoms with Gasteiger partial charge in [-0.3, -0.25) is 4.79 Å². The van der Waals surface area contributed by atoms with Gasteiger partial charge in [0.1, 0.15) is 5.76 Å². The van der Waals surface area contributed by atoms with Crippen molar-refractivity contribution >= 4 is 11.9 Å². The highest BCUT2D eigenvalue weighted by atomic mass is 16.5. The van der Waals surface area contributed by atoms with Crippen molar-refractivity contribution in [2.45, 2.75) is 25.9 Å². The van der Waals surface area contributed by atoms with Gasteiger partial charge < -0.3 is 20.2 Å². The molecule has 0 aliphatic rings. The zero-order valence-electron chi connectivity index (χ0n) is 9.80. The van der Waals surface area contributed by atoms with Gasteiger partial charge in [-0.15, -0.1) is 0 Å². The number of esters is 1. The fraction of sp³-hybridized carbons (Fsp3) is 0.455. The average Bonchev–Trinajstić information content (AvgIpc) is 2.81. The minimum absolute atomic E-state index is 0.188. The Labute approximate surface area is 99.1 Å². The molecule has 0 aromatic carbocycles. The Morgan fingerprint density at radius 2 is 2.29 bits per heavy atom. The zero-order valence-corrected chi connectivity index (χ0v) is 9.80. The highest BCUT2D eigenvalue weighted by molar-refractivity contribution is 6.01. The van der Waals surface area contributed by atoms with Crippen molar-refractivity contribution in [1.82, 2.24) is 5.32 Å². The molecule has 1 unspecified atom stereocenters. The second-order valence-corrected chi connectivity index (χ2v) is 3.48. The van der Waals surface area contributed by atoms with Crippen molar-refractivity contribution in [3.8, 4) is 0 Å². The van der Waals surface area contributed by atoms with Gasteiger partial charge in [-0.1, -0.05) is 0 Å². The molecule has 6 heteroatoms. The van der Waals surface area contributed by atoms with E-state index in [4.69, 9.17) is 10.2 Å². The van der Waals surface area contributed by atoms with Crippen LogP contribution >= 0.6 is 0 Å². The molecular formula is C11H16N2O4. The number of carbonyl (C=O) groups excluding carboxylic acids is 2. The highest BCUT2D eigenvalue weighted by Crippen LogP contribution is 2.11. The Hall–Kier alpha value is -1.82. The molecule has 0 aliphatic heterocycles. The maximum absolute atomic E-state index is 11.6. The van der Waals surface area contributed by atoms with Gasteiger partial charge in [0.2, 0.25) is 5.91 Å². The van der Waals surface area contributed by atoms with Gasteiger partial charge >= 0.3 is 5.97 Å². The lowest BCUT2D eigenvalue weighted by Crippen LogP contribution is -2.47. The number of hydrogen-bond acceptors (Lipinski definition) is 5. The average molecular weight is 240 g/mol. The van der Waals surface area contributed by atoms with Gasteiger partial charge in [0.05, 0.1) is 18.9 Å². The van der Waals surface area contributed by atoms with E-state index in [9.17, 15) is 9.59 Å². The Morgan fingerprint density at radius 3 is 2.82 bits per heavy atom. The van der Waals surface area contributed by atoms with Crippen LogP contribution in [0.15, 0.2) is 22.8 Å². The van der Waals surface area contributed by atoms with E-state index < -0.39 is 17.9 Å². The van der Waals surface area contributed by atoms with Crippen LogP contribution < -0.4 is 11.1 Å². The van der Waals surface area contributed by atoms with Gasteiger partial charge in [-0.25, -0.2) is 4.79 Å². The summed E-state index contributed by atoms with van der Waals surface area (Å²) in [6, 6.07) is 1.77. The fourth-order valence-electron chi connectivity index (χ4n) is 1.25. The molecule has 0 spiro atoms. The molecule has 0 bridgehead atoms. The monoisotopic (exact) mass is 240 g/mol. The van der Waals surface area contributed by atoms with Gasteiger partial charge in [-0.05, 0) is 26.0 Å². The minimum Gasteiger partial charge on any atom is -0.467 e. The van der Waals surface area contributed by atoms with Crippen LogP contribution in [0.25, 0.3) is 0 Å². The maximum Gasteiger partial charge on any atom is 0.332 e. The number of rotatable bonds is 5. The Bertz CT molecular complexity index is 375. The molecule has 1 amide bonds. The molecule has 3 N–H and O–H groups in total. The van der Waals surface area contributed by atoms with Crippen molar-refractivity contribution < 1.29 is 18.7 Å². The SMILES string of the molecule is CCOC(=O)C(N)C(=O)N[C@H](C)c1ccco1. The predicted octanol–water partition coefficient (Wildman–Crippen LogP) is 0.347. The Kier molecular flexibility index (Phi) is 4.71. The molecule has 0 radical (unpaired) electrons. The van der Waals surface area contributed by atoms with Crippen LogP contribution in [0.2, 0.25) is 0 Å². The lowest BCUT2D eigenvalue weighted by Gasteiger charge is -2.14. The summed E-state index contributed by atoms with van der Waals surface area (Å²) in [4.78, 5) is 22.8. The van der Waals surface area contributed by atoms with Crippen LogP contribution in [-0.2, 0) is 14.3 Å². The first-order valence-electron chi connectivity index (χ1n) is 5.32. The van der Waals surface area contributed by atoms with Gasteiger partial charge in [0.25, 0.3) is 0 Å². The van der Waals surface area contributed by atoms with E-state index >= 15 is 0 Å². The Morgan fingerprint density at radius 1 is 1.59 bits per heavy atom. The first-order chi connectivity index (χ1) is 8.06. The van der Waals surface area contributed by atoms with E-state index in [-0.39, 0.29) is 12.6 Å². The first kappa shape index (κ1) is 13.2. The third-order valence-electron chi connectivity index (χ3n) is 2.15. The molecule has 2 atom stereocenters. The number of nitrogens with one attached hydrogen (secondary N) is 1. The van der Waals surface area contributed by atoms with E-state index in [1.54, 1.807) is 26.0 Å². The van der Waals surface area contributed by atoms with Gasteiger partial charge in [0, 0.05) is 0 Å². The molecule has 0 saturated carbocycles. The first-order valence-corrected chi connectivity index (χ1v) is 5.32. The number of furan rings is 1. The number of nitrogens with two attached hydrogens (primary N) is 1. The fourth-order valence-corrected chi connectivity index (χ4v) is 1.25. The molecule has 1 heterocycles. The van der Waals surface area contributed by atoms with Crippen LogP contribution in [0.1, 0.15) is 25.6 Å². The molecule has 17 heavy (non-hydrogen) atoms. The van der Waals surface area contributed by atoms with Crippen molar-refractivity contribution in [3.05, 3.63) is 24.2 Å². The summed E-state index contributed by atoms with van der Waals surface area (Å²) in [6.07, 6.45) is 1.50. The molecule has 6 nitrogen and oxygen atoms in total. The van der Waals surface area contributed by atoms with E-state index in [1.165, 1.54) is 6.26 Å². The molecule has 0 saturated heterocycles. The van der Waals surface area contributed by atoms with Crippen LogP contribution in [-0.4, -0.2) is 24.5 Å². The summed E-state index contributed by atoms with van der Waals surface area (Å²) in [5.41, 5.74) is 5.43. The number of ether oxygens (including phenoxy) is 1. The van der Waals surface area contributed by atoms with Gasteiger partial charge in [0.15, 0.2) is 6.04 Å².